The smallest absolute Gasteiger partial charge is 0.256 e. The SMILES string of the molecule is CN(C)c1ccc(NC(=O)c2cc(S(=O)(=O)NC3CC3)ccc2Br)cc1. The largest absolute Gasteiger partial charge is 0.378 e. The molecule has 2 aromatic rings. The molecule has 0 unspecified atom stereocenters. The summed E-state index contributed by atoms with van der Waals surface area (Å²) >= 11 is 3.32. The van der Waals surface area contributed by atoms with Crippen LogP contribution in [0.3, 0.4) is 0 Å². The molecule has 2 aromatic carbocycles. The first-order valence-electron chi connectivity index (χ1n) is 8.17. The number of rotatable bonds is 6. The maximum absolute atomic E-state index is 12.6. The molecule has 8 heteroatoms. The molecule has 138 valence electrons. The van der Waals surface area contributed by atoms with Gasteiger partial charge in [-0.15, -0.1) is 0 Å². The third-order valence-corrected chi connectivity index (χ3v) is 6.24. The number of nitrogens with zero attached hydrogens (tertiary/aromatic N) is 1. The Morgan fingerprint density at radius 2 is 1.77 bits per heavy atom. The number of halogens is 1. The van der Waals surface area contributed by atoms with Gasteiger partial charge in [-0.25, -0.2) is 13.1 Å². The van der Waals surface area contributed by atoms with Gasteiger partial charge in [-0.2, -0.15) is 0 Å². The summed E-state index contributed by atoms with van der Waals surface area (Å²) in [5.41, 5.74) is 1.92. The molecule has 1 aliphatic rings. The van der Waals surface area contributed by atoms with Crippen LogP contribution in [0.2, 0.25) is 0 Å². The number of anilines is 2. The van der Waals surface area contributed by atoms with Gasteiger partial charge >= 0.3 is 0 Å². The van der Waals surface area contributed by atoms with Crippen molar-refractivity contribution in [3.8, 4) is 0 Å². The van der Waals surface area contributed by atoms with Crippen LogP contribution in [-0.2, 0) is 10.0 Å². The zero-order valence-electron chi connectivity index (χ0n) is 14.5. The molecule has 1 aliphatic carbocycles. The Hall–Kier alpha value is -1.90. The fourth-order valence-electron chi connectivity index (χ4n) is 2.38. The number of carbonyl (C=O) groups is 1. The van der Waals surface area contributed by atoms with Gasteiger partial charge in [-0.1, -0.05) is 0 Å². The summed E-state index contributed by atoms with van der Waals surface area (Å²) in [5, 5.41) is 2.79. The topological polar surface area (TPSA) is 78.5 Å². The Morgan fingerprint density at radius 3 is 2.35 bits per heavy atom. The van der Waals surface area contributed by atoms with Crippen LogP contribution in [0.1, 0.15) is 23.2 Å². The zero-order chi connectivity index (χ0) is 18.9. The molecule has 1 saturated carbocycles. The fraction of sp³-hybridized carbons (Fsp3) is 0.278. The number of nitrogens with one attached hydrogen (secondary N) is 2. The molecule has 0 aromatic heterocycles. The van der Waals surface area contributed by atoms with Gasteiger partial charge in [0.25, 0.3) is 5.91 Å². The lowest BCUT2D eigenvalue weighted by atomic mass is 10.2. The van der Waals surface area contributed by atoms with E-state index in [1.807, 2.05) is 31.1 Å². The molecule has 1 fully saturated rings. The van der Waals surface area contributed by atoms with Crippen molar-refractivity contribution in [2.45, 2.75) is 23.8 Å². The van der Waals surface area contributed by atoms with Crippen LogP contribution in [-0.4, -0.2) is 34.5 Å². The monoisotopic (exact) mass is 437 g/mol. The van der Waals surface area contributed by atoms with Crippen LogP contribution in [0, 0.1) is 0 Å². The highest BCUT2D eigenvalue weighted by Crippen LogP contribution is 2.26. The maximum Gasteiger partial charge on any atom is 0.256 e. The van der Waals surface area contributed by atoms with Crippen LogP contribution in [0.15, 0.2) is 51.8 Å². The molecule has 3 rings (SSSR count). The predicted octanol–water partition coefficient (Wildman–Crippen LogP) is 3.21. The van der Waals surface area contributed by atoms with Gasteiger partial charge in [-0.05, 0) is 71.2 Å². The van der Waals surface area contributed by atoms with Gasteiger partial charge < -0.3 is 10.2 Å². The molecule has 2 N–H and O–H groups in total. The lowest BCUT2D eigenvalue weighted by Gasteiger charge is -2.13. The van der Waals surface area contributed by atoms with E-state index in [4.69, 9.17) is 0 Å². The molecule has 0 aliphatic heterocycles. The van der Waals surface area contributed by atoms with Crippen molar-refractivity contribution in [2.24, 2.45) is 0 Å². The first kappa shape index (κ1) is 18.9. The van der Waals surface area contributed by atoms with Crippen molar-refractivity contribution < 1.29 is 13.2 Å². The summed E-state index contributed by atoms with van der Waals surface area (Å²) in [6, 6.07) is 11.8. The van der Waals surface area contributed by atoms with Crippen molar-refractivity contribution in [2.75, 3.05) is 24.3 Å². The quantitative estimate of drug-likeness (QED) is 0.726. The first-order valence-corrected chi connectivity index (χ1v) is 10.4. The molecule has 0 saturated heterocycles. The number of amides is 1. The highest BCUT2D eigenvalue weighted by Gasteiger charge is 2.28. The van der Waals surface area contributed by atoms with Crippen molar-refractivity contribution >= 4 is 43.2 Å². The van der Waals surface area contributed by atoms with Crippen LogP contribution >= 0.6 is 15.9 Å². The van der Waals surface area contributed by atoms with E-state index >= 15 is 0 Å². The molecule has 0 radical (unpaired) electrons. The van der Waals surface area contributed by atoms with E-state index in [1.165, 1.54) is 12.1 Å². The Morgan fingerprint density at radius 1 is 1.12 bits per heavy atom. The number of hydrogen-bond donors (Lipinski definition) is 2. The second-order valence-electron chi connectivity index (χ2n) is 6.43. The average molecular weight is 438 g/mol. The van der Waals surface area contributed by atoms with Gasteiger partial charge in [0, 0.05) is 36.0 Å². The van der Waals surface area contributed by atoms with E-state index < -0.39 is 10.0 Å². The second kappa shape index (κ2) is 7.38. The highest BCUT2D eigenvalue weighted by molar-refractivity contribution is 9.10. The molecule has 0 spiro atoms. The number of sulfonamides is 1. The molecule has 6 nitrogen and oxygen atoms in total. The lowest BCUT2D eigenvalue weighted by molar-refractivity contribution is 0.102. The zero-order valence-corrected chi connectivity index (χ0v) is 16.9. The van der Waals surface area contributed by atoms with Gasteiger partial charge in [0.15, 0.2) is 0 Å². The number of benzene rings is 2. The summed E-state index contributed by atoms with van der Waals surface area (Å²) in [5.74, 6) is -0.377. The van der Waals surface area contributed by atoms with E-state index in [1.54, 1.807) is 18.2 Å². The van der Waals surface area contributed by atoms with E-state index in [-0.39, 0.29) is 22.4 Å². The second-order valence-corrected chi connectivity index (χ2v) is 9.00. The van der Waals surface area contributed by atoms with Crippen molar-refractivity contribution in [1.82, 2.24) is 4.72 Å². The standard InChI is InChI=1S/C18H20BrN3O3S/c1-22(2)14-7-5-12(6-8-14)20-18(23)16-11-15(9-10-17(16)19)26(24,25)21-13-3-4-13/h5-11,13,21H,3-4H2,1-2H3,(H,20,23). The molecule has 0 atom stereocenters. The molecule has 1 amide bonds. The first-order chi connectivity index (χ1) is 12.3. The minimum atomic E-state index is -3.61. The summed E-state index contributed by atoms with van der Waals surface area (Å²) in [6.45, 7) is 0. The molecule has 0 bridgehead atoms. The van der Waals surface area contributed by atoms with Crippen molar-refractivity contribution in [3.63, 3.8) is 0 Å². The Balaban J connectivity index is 1.81. The van der Waals surface area contributed by atoms with Gasteiger partial charge in [0.2, 0.25) is 10.0 Å². The minimum absolute atomic E-state index is 0.0103. The lowest BCUT2D eigenvalue weighted by Crippen LogP contribution is -2.26. The average Bonchev–Trinajstić information content (AvgIpc) is 3.38. The Labute approximate surface area is 161 Å². The van der Waals surface area contributed by atoms with Crippen LogP contribution in [0.4, 0.5) is 11.4 Å². The Bertz CT molecular complexity index is 923. The summed E-state index contributed by atoms with van der Waals surface area (Å²) in [6.07, 6.45) is 1.71. The number of hydrogen-bond acceptors (Lipinski definition) is 4. The Kier molecular flexibility index (Phi) is 5.36. The van der Waals surface area contributed by atoms with Crippen molar-refractivity contribution in [3.05, 3.63) is 52.5 Å². The van der Waals surface area contributed by atoms with E-state index in [2.05, 4.69) is 26.0 Å². The maximum atomic E-state index is 12.6. The van der Waals surface area contributed by atoms with Gasteiger partial charge in [0.05, 0.1) is 10.5 Å². The van der Waals surface area contributed by atoms with Gasteiger partial charge in [0.1, 0.15) is 0 Å². The number of carbonyl (C=O) groups excluding carboxylic acids is 1. The van der Waals surface area contributed by atoms with E-state index in [0.717, 1.165) is 18.5 Å². The summed E-state index contributed by atoms with van der Waals surface area (Å²) < 4.78 is 27.9. The van der Waals surface area contributed by atoms with Crippen LogP contribution in [0.5, 0.6) is 0 Å². The molecular formula is C18H20BrN3O3S. The molecule has 0 heterocycles. The third-order valence-electron chi connectivity index (χ3n) is 4.03. The highest BCUT2D eigenvalue weighted by atomic mass is 79.9. The molecular weight excluding hydrogens is 418 g/mol. The van der Waals surface area contributed by atoms with Crippen molar-refractivity contribution in [1.29, 1.82) is 0 Å². The third kappa shape index (κ3) is 4.44. The van der Waals surface area contributed by atoms with E-state index in [0.29, 0.717) is 10.2 Å². The van der Waals surface area contributed by atoms with Gasteiger partial charge in [-0.3, -0.25) is 4.79 Å². The normalized spacial score (nSPS) is 14.1. The minimum Gasteiger partial charge on any atom is -0.378 e. The summed E-state index contributed by atoms with van der Waals surface area (Å²) in [4.78, 5) is 14.6. The fourth-order valence-corrected chi connectivity index (χ4v) is 4.13. The van der Waals surface area contributed by atoms with Crippen LogP contribution in [0.25, 0.3) is 0 Å². The molecule has 26 heavy (non-hydrogen) atoms. The summed E-state index contributed by atoms with van der Waals surface area (Å²) in [7, 11) is 0.259. The predicted molar refractivity (Wildman–Crippen MR) is 106 cm³/mol. The van der Waals surface area contributed by atoms with Crippen LogP contribution < -0.4 is 14.9 Å². The van der Waals surface area contributed by atoms with E-state index in [9.17, 15) is 13.2 Å².